The van der Waals surface area contributed by atoms with Gasteiger partial charge in [0.15, 0.2) is 0 Å². The number of allylic oxidation sites excluding steroid dienone is 2. The van der Waals surface area contributed by atoms with E-state index in [-0.39, 0.29) is 24.3 Å². The van der Waals surface area contributed by atoms with Crippen LogP contribution < -0.4 is 5.32 Å². The summed E-state index contributed by atoms with van der Waals surface area (Å²) in [5.41, 5.74) is 3.55. The fourth-order valence-electron chi connectivity index (χ4n) is 2.98. The van der Waals surface area contributed by atoms with Gasteiger partial charge in [-0.2, -0.15) is 0 Å². The first-order chi connectivity index (χ1) is 12.1. The lowest BCUT2D eigenvalue weighted by molar-refractivity contribution is -0.121. The van der Waals surface area contributed by atoms with Crippen molar-refractivity contribution in [2.45, 2.75) is 39.2 Å². The van der Waals surface area contributed by atoms with Gasteiger partial charge in [0.25, 0.3) is 0 Å². The van der Waals surface area contributed by atoms with E-state index in [4.69, 9.17) is 9.84 Å². The van der Waals surface area contributed by atoms with Crippen LogP contribution >= 0.6 is 0 Å². The van der Waals surface area contributed by atoms with Crippen molar-refractivity contribution >= 4 is 11.5 Å². The van der Waals surface area contributed by atoms with E-state index in [1.807, 2.05) is 24.3 Å². The number of ketones is 1. The van der Waals surface area contributed by atoms with E-state index in [0.29, 0.717) is 19.6 Å². The third-order valence-corrected chi connectivity index (χ3v) is 4.63. The minimum absolute atomic E-state index is 0.0105. The second-order valence-corrected chi connectivity index (χ2v) is 6.47. The third-order valence-electron chi connectivity index (χ3n) is 4.63. The summed E-state index contributed by atoms with van der Waals surface area (Å²) in [5.74, 6) is 0.119. The molecule has 0 saturated carbocycles. The van der Waals surface area contributed by atoms with E-state index in [2.05, 4.69) is 37.4 Å². The number of aryl methyl sites for hydroxylation is 1. The number of Topliss-reactive ketones (excluding diaryl/α,β-unsaturated/α-hetero) is 1. The molecule has 2 N–H and O–H groups in total. The summed E-state index contributed by atoms with van der Waals surface area (Å²) in [5, 5.41) is 12.2. The number of carbonyl (C=O) groups is 1. The second-order valence-electron chi connectivity index (χ2n) is 6.47. The molecule has 0 aromatic heterocycles. The maximum absolute atomic E-state index is 12.6. The fraction of sp³-hybridized carbons (Fsp3) is 0.476. The normalized spacial score (nSPS) is 19.2. The summed E-state index contributed by atoms with van der Waals surface area (Å²) in [6.45, 7) is 5.20. The van der Waals surface area contributed by atoms with Crippen molar-refractivity contribution in [1.29, 1.82) is 0 Å². The summed E-state index contributed by atoms with van der Waals surface area (Å²) in [7, 11) is 0. The average Bonchev–Trinajstić information content (AvgIpc) is 2.62. The third kappa shape index (κ3) is 5.83. The Labute approximate surface area is 150 Å². The smallest absolute Gasteiger partial charge is 0.142 e. The number of aliphatic hydroxyl groups is 1. The number of hydrogen-bond donors (Lipinski definition) is 2. The Balaban J connectivity index is 1.89. The van der Waals surface area contributed by atoms with Crippen LogP contribution in [0, 0.1) is 19.8 Å². The molecule has 0 spiro atoms. The average molecular weight is 343 g/mol. The molecule has 1 aliphatic carbocycles. The van der Waals surface area contributed by atoms with E-state index in [9.17, 15) is 4.79 Å². The Morgan fingerprint density at radius 2 is 1.96 bits per heavy atom. The van der Waals surface area contributed by atoms with Crippen LogP contribution in [-0.4, -0.2) is 36.8 Å². The van der Waals surface area contributed by atoms with Crippen LogP contribution in [0.25, 0.3) is 0 Å². The van der Waals surface area contributed by atoms with Crippen molar-refractivity contribution in [1.82, 2.24) is 0 Å². The number of rotatable bonds is 10. The van der Waals surface area contributed by atoms with Crippen molar-refractivity contribution in [2.24, 2.45) is 5.92 Å². The van der Waals surface area contributed by atoms with Crippen LogP contribution in [0.3, 0.4) is 0 Å². The van der Waals surface area contributed by atoms with Crippen LogP contribution in [0.4, 0.5) is 5.69 Å². The fourth-order valence-corrected chi connectivity index (χ4v) is 2.98. The Kier molecular flexibility index (Phi) is 7.89. The molecule has 4 heteroatoms. The highest BCUT2D eigenvalue weighted by Gasteiger charge is 2.25. The number of anilines is 1. The first-order valence-electron chi connectivity index (χ1n) is 9.02. The van der Waals surface area contributed by atoms with Crippen LogP contribution in [0.2, 0.25) is 0 Å². The standard InChI is InChI=1S/C21H29NO3/c1-16-8-7-11-19(17(16)2)22-20-10-4-3-9-18(20)21(24)12-5-6-14-25-15-13-23/h3-4,7-11,18,20,22-23H,5-6,12-15H2,1-2H3. The van der Waals surface area contributed by atoms with Crippen molar-refractivity contribution in [3.05, 3.63) is 53.6 Å². The van der Waals surface area contributed by atoms with E-state index in [0.717, 1.165) is 18.5 Å². The van der Waals surface area contributed by atoms with Gasteiger partial charge in [-0.05, 0) is 43.9 Å². The summed E-state index contributed by atoms with van der Waals surface area (Å²) >= 11 is 0. The molecule has 136 valence electrons. The van der Waals surface area contributed by atoms with Gasteiger partial charge in [-0.15, -0.1) is 0 Å². The summed E-state index contributed by atoms with van der Waals surface area (Å²) in [6, 6.07) is 6.19. The van der Waals surface area contributed by atoms with Gasteiger partial charge in [0.05, 0.1) is 25.2 Å². The molecule has 1 aliphatic rings. The molecule has 2 atom stereocenters. The molecule has 25 heavy (non-hydrogen) atoms. The van der Waals surface area contributed by atoms with Gasteiger partial charge < -0.3 is 15.2 Å². The van der Waals surface area contributed by atoms with E-state index >= 15 is 0 Å². The molecule has 0 aliphatic heterocycles. The first kappa shape index (κ1) is 19.4. The lowest BCUT2D eigenvalue weighted by Gasteiger charge is -2.26. The maximum Gasteiger partial charge on any atom is 0.142 e. The quantitative estimate of drug-likeness (QED) is 0.638. The minimum Gasteiger partial charge on any atom is -0.394 e. The Bertz CT molecular complexity index is 622. The van der Waals surface area contributed by atoms with Crippen LogP contribution in [0.1, 0.15) is 30.4 Å². The molecular formula is C21H29NO3. The summed E-state index contributed by atoms with van der Waals surface area (Å²) < 4.78 is 5.24. The molecule has 1 aromatic carbocycles. The van der Waals surface area contributed by atoms with Crippen molar-refractivity contribution < 1.29 is 14.6 Å². The van der Waals surface area contributed by atoms with Crippen LogP contribution in [0.5, 0.6) is 0 Å². The SMILES string of the molecule is Cc1cccc(NC2C=CC=CC2C(=O)CCCCOCCO)c1C. The number of unbranched alkanes of at least 4 members (excludes halogenated alkanes) is 1. The second kappa shape index (κ2) is 10.2. The number of ether oxygens (including phenoxy) is 1. The lowest BCUT2D eigenvalue weighted by Crippen LogP contribution is -2.33. The van der Waals surface area contributed by atoms with Crippen LogP contribution in [0.15, 0.2) is 42.5 Å². The van der Waals surface area contributed by atoms with E-state index in [1.165, 1.54) is 11.1 Å². The topological polar surface area (TPSA) is 58.6 Å². The predicted molar refractivity (Wildman–Crippen MR) is 102 cm³/mol. The van der Waals surface area contributed by atoms with Crippen molar-refractivity contribution in [3.63, 3.8) is 0 Å². The highest BCUT2D eigenvalue weighted by atomic mass is 16.5. The van der Waals surface area contributed by atoms with Gasteiger partial charge >= 0.3 is 0 Å². The van der Waals surface area contributed by atoms with Crippen molar-refractivity contribution in [3.8, 4) is 0 Å². The van der Waals surface area contributed by atoms with Gasteiger partial charge in [0.1, 0.15) is 5.78 Å². The molecule has 0 fully saturated rings. The maximum atomic E-state index is 12.6. The predicted octanol–water partition coefficient (Wildman–Crippen LogP) is 3.57. The zero-order chi connectivity index (χ0) is 18.1. The number of nitrogens with one attached hydrogen (secondary N) is 1. The molecule has 2 unspecified atom stereocenters. The van der Waals surface area contributed by atoms with Gasteiger partial charge in [-0.3, -0.25) is 4.79 Å². The summed E-state index contributed by atoms with van der Waals surface area (Å²) in [6.07, 6.45) is 10.2. The van der Waals surface area contributed by atoms with Gasteiger partial charge in [-0.1, -0.05) is 36.4 Å². The largest absolute Gasteiger partial charge is 0.394 e. The zero-order valence-corrected chi connectivity index (χ0v) is 15.2. The Morgan fingerprint density at radius 1 is 1.16 bits per heavy atom. The van der Waals surface area contributed by atoms with E-state index < -0.39 is 0 Å². The van der Waals surface area contributed by atoms with Gasteiger partial charge in [-0.25, -0.2) is 0 Å². The molecule has 2 rings (SSSR count). The number of aliphatic hydroxyl groups excluding tert-OH is 1. The molecule has 0 heterocycles. The molecule has 0 bridgehead atoms. The monoisotopic (exact) mass is 343 g/mol. The number of benzene rings is 1. The molecule has 4 nitrogen and oxygen atoms in total. The zero-order valence-electron chi connectivity index (χ0n) is 15.2. The highest BCUT2D eigenvalue weighted by Crippen LogP contribution is 2.24. The first-order valence-corrected chi connectivity index (χ1v) is 9.02. The molecule has 0 saturated heterocycles. The number of hydrogen-bond acceptors (Lipinski definition) is 4. The molecule has 1 aromatic rings. The Morgan fingerprint density at radius 3 is 2.76 bits per heavy atom. The minimum atomic E-state index is -0.136. The highest BCUT2D eigenvalue weighted by molar-refractivity contribution is 5.84. The van der Waals surface area contributed by atoms with Gasteiger partial charge in [0.2, 0.25) is 0 Å². The summed E-state index contributed by atoms with van der Waals surface area (Å²) in [4.78, 5) is 12.6. The van der Waals surface area contributed by atoms with Gasteiger partial charge in [0, 0.05) is 18.7 Å². The van der Waals surface area contributed by atoms with E-state index in [1.54, 1.807) is 0 Å². The molecule has 0 amide bonds. The van der Waals surface area contributed by atoms with Crippen molar-refractivity contribution in [2.75, 3.05) is 25.1 Å². The molecular weight excluding hydrogens is 314 g/mol. The number of carbonyl (C=O) groups excluding carboxylic acids is 1. The Hall–Kier alpha value is -1.91. The lowest BCUT2D eigenvalue weighted by atomic mass is 9.88. The van der Waals surface area contributed by atoms with Crippen LogP contribution in [-0.2, 0) is 9.53 Å². The molecule has 0 radical (unpaired) electrons.